The predicted octanol–water partition coefficient (Wildman–Crippen LogP) is 3.27. The number of methoxy groups -OCH3 is 2. The summed E-state index contributed by atoms with van der Waals surface area (Å²) in [7, 11) is 3.00. The Morgan fingerprint density at radius 1 is 0.867 bits per heavy atom. The maximum absolute atomic E-state index is 12.7. The van der Waals surface area contributed by atoms with Crippen molar-refractivity contribution < 1.29 is 28.6 Å². The van der Waals surface area contributed by atoms with E-state index in [9.17, 15) is 14.4 Å². The molecule has 0 unspecified atom stereocenters. The number of Topliss-reactive ketones (excluding diaryl/α,β-unsaturated/α-hetero) is 1. The lowest BCUT2D eigenvalue weighted by Gasteiger charge is -2.23. The highest BCUT2D eigenvalue weighted by molar-refractivity contribution is 6.01. The van der Waals surface area contributed by atoms with Crippen LogP contribution in [0.3, 0.4) is 0 Å². The maximum Gasteiger partial charge on any atom is 0.329 e. The van der Waals surface area contributed by atoms with Crippen LogP contribution in [-0.2, 0) is 9.53 Å². The standard InChI is InChI=1S/C23H27NO6/c1-14(2)20(24-22(26)18-8-6-7-9-19(18)29-5)23(27)30-15(3)21(25)16-10-12-17(28-4)13-11-16/h6-15,20H,1-5H3,(H,24,26)/t15-,20-/m0/s1. The molecular formula is C23H27NO6. The van der Waals surface area contributed by atoms with Crippen molar-refractivity contribution in [3.8, 4) is 11.5 Å². The largest absolute Gasteiger partial charge is 0.497 e. The van der Waals surface area contributed by atoms with Crippen LogP contribution < -0.4 is 14.8 Å². The lowest BCUT2D eigenvalue weighted by atomic mass is 10.0. The number of hydrogen-bond acceptors (Lipinski definition) is 6. The van der Waals surface area contributed by atoms with Crippen LogP contribution in [0.2, 0.25) is 0 Å². The van der Waals surface area contributed by atoms with Gasteiger partial charge in [0.2, 0.25) is 5.78 Å². The minimum atomic E-state index is -1.00. The molecular weight excluding hydrogens is 386 g/mol. The van der Waals surface area contributed by atoms with Gasteiger partial charge in [-0.25, -0.2) is 4.79 Å². The van der Waals surface area contributed by atoms with E-state index in [1.54, 1.807) is 62.4 Å². The first kappa shape index (κ1) is 22.9. The quantitative estimate of drug-likeness (QED) is 0.501. The molecule has 0 aliphatic carbocycles. The number of rotatable bonds is 9. The third-order valence-corrected chi connectivity index (χ3v) is 4.60. The lowest BCUT2D eigenvalue weighted by Crippen LogP contribution is -2.46. The first-order valence-corrected chi connectivity index (χ1v) is 9.61. The Balaban J connectivity index is 2.08. The van der Waals surface area contributed by atoms with Crippen LogP contribution >= 0.6 is 0 Å². The number of esters is 1. The molecule has 0 spiro atoms. The number of ether oxygens (including phenoxy) is 3. The number of benzene rings is 2. The monoisotopic (exact) mass is 413 g/mol. The van der Waals surface area contributed by atoms with Gasteiger partial charge in [0, 0.05) is 5.56 Å². The minimum Gasteiger partial charge on any atom is -0.497 e. The van der Waals surface area contributed by atoms with E-state index in [4.69, 9.17) is 14.2 Å². The van der Waals surface area contributed by atoms with Gasteiger partial charge in [-0.15, -0.1) is 0 Å². The number of carbonyl (C=O) groups is 3. The zero-order valence-electron chi connectivity index (χ0n) is 17.8. The fourth-order valence-electron chi connectivity index (χ4n) is 2.84. The highest BCUT2D eigenvalue weighted by Gasteiger charge is 2.30. The van der Waals surface area contributed by atoms with Crippen molar-refractivity contribution in [1.29, 1.82) is 0 Å². The molecule has 0 saturated carbocycles. The van der Waals surface area contributed by atoms with E-state index in [0.717, 1.165) is 0 Å². The van der Waals surface area contributed by atoms with Gasteiger partial charge in [-0.05, 0) is 49.2 Å². The van der Waals surface area contributed by atoms with Crippen LogP contribution in [0.25, 0.3) is 0 Å². The van der Waals surface area contributed by atoms with Gasteiger partial charge in [0.05, 0.1) is 19.8 Å². The van der Waals surface area contributed by atoms with Crippen LogP contribution in [0.4, 0.5) is 0 Å². The molecule has 2 atom stereocenters. The lowest BCUT2D eigenvalue weighted by molar-refractivity contribution is -0.149. The molecule has 1 N–H and O–H groups in total. The topological polar surface area (TPSA) is 90.9 Å². The Morgan fingerprint density at radius 2 is 1.50 bits per heavy atom. The highest BCUT2D eigenvalue weighted by atomic mass is 16.5. The first-order valence-electron chi connectivity index (χ1n) is 9.61. The molecule has 2 aromatic carbocycles. The average Bonchev–Trinajstić information content (AvgIpc) is 2.76. The van der Waals surface area contributed by atoms with E-state index in [-0.39, 0.29) is 11.7 Å². The molecule has 2 aromatic rings. The van der Waals surface area contributed by atoms with Crippen molar-refractivity contribution >= 4 is 17.7 Å². The summed E-state index contributed by atoms with van der Waals surface area (Å²) in [6.45, 7) is 5.07. The van der Waals surface area contributed by atoms with Crippen LogP contribution in [0.5, 0.6) is 11.5 Å². The van der Waals surface area contributed by atoms with E-state index >= 15 is 0 Å². The second kappa shape index (κ2) is 10.4. The average molecular weight is 413 g/mol. The summed E-state index contributed by atoms with van der Waals surface area (Å²) >= 11 is 0. The zero-order valence-corrected chi connectivity index (χ0v) is 17.8. The van der Waals surface area contributed by atoms with E-state index < -0.39 is 24.0 Å². The summed E-state index contributed by atoms with van der Waals surface area (Å²) in [4.78, 5) is 38.0. The van der Waals surface area contributed by atoms with Crippen molar-refractivity contribution in [1.82, 2.24) is 5.32 Å². The molecule has 0 heterocycles. The summed E-state index contributed by atoms with van der Waals surface area (Å²) in [5.41, 5.74) is 0.705. The van der Waals surface area contributed by atoms with E-state index in [1.165, 1.54) is 21.1 Å². The Kier molecular flexibility index (Phi) is 7.98. The van der Waals surface area contributed by atoms with E-state index in [1.807, 2.05) is 0 Å². The number of ketones is 1. The molecule has 0 saturated heterocycles. The van der Waals surface area contributed by atoms with Crippen molar-refractivity contribution in [2.45, 2.75) is 32.9 Å². The summed E-state index contributed by atoms with van der Waals surface area (Å²) in [6, 6.07) is 12.3. The van der Waals surface area contributed by atoms with Crippen molar-refractivity contribution in [2.75, 3.05) is 14.2 Å². The minimum absolute atomic E-state index is 0.251. The molecule has 7 nitrogen and oxygen atoms in total. The van der Waals surface area contributed by atoms with Gasteiger partial charge in [0.25, 0.3) is 5.91 Å². The Morgan fingerprint density at radius 3 is 2.07 bits per heavy atom. The number of para-hydroxylation sites is 1. The van der Waals surface area contributed by atoms with Crippen molar-refractivity contribution in [3.63, 3.8) is 0 Å². The Hall–Kier alpha value is -3.35. The van der Waals surface area contributed by atoms with Crippen molar-refractivity contribution in [3.05, 3.63) is 59.7 Å². The summed E-state index contributed by atoms with van der Waals surface area (Å²) in [5, 5.41) is 2.69. The SMILES string of the molecule is COc1ccc(C(=O)[C@H](C)OC(=O)[C@@H](NC(=O)c2ccccc2OC)C(C)C)cc1. The number of nitrogens with one attached hydrogen (secondary N) is 1. The van der Waals surface area contributed by atoms with E-state index in [2.05, 4.69) is 5.32 Å². The highest BCUT2D eigenvalue weighted by Crippen LogP contribution is 2.19. The molecule has 0 fully saturated rings. The van der Waals surface area contributed by atoms with Gasteiger partial charge in [0.1, 0.15) is 17.5 Å². The third-order valence-electron chi connectivity index (χ3n) is 4.60. The van der Waals surface area contributed by atoms with Gasteiger partial charge >= 0.3 is 5.97 Å². The zero-order chi connectivity index (χ0) is 22.3. The summed E-state index contributed by atoms with van der Waals surface area (Å²) in [6.07, 6.45) is -1.00. The van der Waals surface area contributed by atoms with Crippen LogP contribution in [-0.4, -0.2) is 44.0 Å². The van der Waals surface area contributed by atoms with Crippen molar-refractivity contribution in [2.24, 2.45) is 5.92 Å². The molecule has 0 aromatic heterocycles. The molecule has 1 amide bonds. The number of hydrogen-bond donors (Lipinski definition) is 1. The molecule has 30 heavy (non-hydrogen) atoms. The Bertz CT molecular complexity index is 891. The fraction of sp³-hybridized carbons (Fsp3) is 0.348. The normalized spacial score (nSPS) is 12.6. The van der Waals surface area contributed by atoms with Gasteiger partial charge in [-0.2, -0.15) is 0 Å². The smallest absolute Gasteiger partial charge is 0.329 e. The van der Waals surface area contributed by atoms with E-state index in [0.29, 0.717) is 22.6 Å². The molecule has 0 aliphatic heterocycles. The van der Waals surface area contributed by atoms with Gasteiger partial charge in [-0.1, -0.05) is 26.0 Å². The van der Waals surface area contributed by atoms with Gasteiger partial charge in [-0.3, -0.25) is 9.59 Å². The third kappa shape index (κ3) is 5.59. The molecule has 0 aliphatic rings. The molecule has 160 valence electrons. The number of carbonyl (C=O) groups excluding carboxylic acids is 3. The van der Waals surface area contributed by atoms with Gasteiger partial charge in [0.15, 0.2) is 6.10 Å². The molecule has 7 heteroatoms. The second-order valence-electron chi connectivity index (χ2n) is 7.07. The second-order valence-corrected chi connectivity index (χ2v) is 7.07. The number of amides is 1. The molecule has 0 bridgehead atoms. The predicted molar refractivity (Wildman–Crippen MR) is 112 cm³/mol. The maximum atomic E-state index is 12.7. The summed E-state index contributed by atoms with van der Waals surface area (Å²) in [5.74, 6) is -0.715. The first-order chi connectivity index (χ1) is 14.3. The molecule has 2 rings (SSSR count). The van der Waals surface area contributed by atoms with Crippen LogP contribution in [0, 0.1) is 5.92 Å². The fourth-order valence-corrected chi connectivity index (χ4v) is 2.84. The summed E-state index contributed by atoms with van der Waals surface area (Å²) < 4.78 is 15.6. The molecule has 0 radical (unpaired) electrons. The van der Waals surface area contributed by atoms with Gasteiger partial charge < -0.3 is 19.5 Å². The Labute approximate surface area is 176 Å². The van der Waals surface area contributed by atoms with Crippen LogP contribution in [0.15, 0.2) is 48.5 Å². The van der Waals surface area contributed by atoms with Crippen LogP contribution in [0.1, 0.15) is 41.5 Å².